The summed E-state index contributed by atoms with van der Waals surface area (Å²) < 4.78 is 21.7. The van der Waals surface area contributed by atoms with Gasteiger partial charge >= 0.3 is 0 Å². The molecule has 0 aliphatic rings. The molecule has 0 fully saturated rings. The van der Waals surface area contributed by atoms with Gasteiger partial charge in [0.1, 0.15) is 37.6 Å². The quantitative estimate of drug-likeness (QED) is 0.445. The van der Waals surface area contributed by atoms with Crippen molar-refractivity contribution in [3.8, 4) is 11.4 Å². The molecule has 0 saturated heterocycles. The van der Waals surface area contributed by atoms with Crippen molar-refractivity contribution in [2.75, 3.05) is 0 Å². The molecule has 4 radical (unpaired) electrons. The largest absolute Gasteiger partial charge is 0.501 e. The minimum absolute atomic E-state index is 0.0747. The molecule has 28 heavy (non-hydrogen) atoms. The molecule has 138 valence electrons. The van der Waals surface area contributed by atoms with Crippen molar-refractivity contribution in [2.24, 2.45) is 0 Å². The molecule has 5 nitrogen and oxygen atoms in total. The Balaban J connectivity index is 2.01. The van der Waals surface area contributed by atoms with Crippen LogP contribution in [0.3, 0.4) is 0 Å². The zero-order valence-electron chi connectivity index (χ0n) is 14.9. The molecule has 0 aromatic carbocycles. The van der Waals surface area contributed by atoms with Gasteiger partial charge in [-0.05, 0) is 53.5 Å². The van der Waals surface area contributed by atoms with Gasteiger partial charge in [-0.3, -0.25) is 14.3 Å². The molecule has 3 heterocycles. The molecule has 0 bridgehead atoms. The molecule has 3 rings (SSSR count). The number of nitrogens with zero attached hydrogens (tertiary/aromatic N) is 3. The molecule has 0 N–H and O–H groups in total. The number of aromatic nitrogens is 3. The van der Waals surface area contributed by atoms with Gasteiger partial charge in [0.2, 0.25) is 0 Å². The predicted octanol–water partition coefficient (Wildman–Crippen LogP) is 3.33. The van der Waals surface area contributed by atoms with E-state index in [9.17, 15) is 9.18 Å². The average molecular weight is 458 g/mol. The van der Waals surface area contributed by atoms with Gasteiger partial charge in [-0.25, -0.2) is 9.37 Å². The lowest BCUT2D eigenvalue weighted by Crippen LogP contribution is -2.37. The third-order valence-electron chi connectivity index (χ3n) is 3.94. The number of hydrogen-bond donors (Lipinski definition) is 0. The summed E-state index contributed by atoms with van der Waals surface area (Å²) >= 11 is 8.99. The Labute approximate surface area is 176 Å². The highest BCUT2D eigenvalue weighted by Gasteiger charge is 2.27. The van der Waals surface area contributed by atoms with E-state index in [0.29, 0.717) is 16.0 Å². The summed E-state index contributed by atoms with van der Waals surface area (Å²) in [5.41, 5.74) is 1.31. The van der Waals surface area contributed by atoms with Crippen molar-refractivity contribution in [3.63, 3.8) is 0 Å². The summed E-state index contributed by atoms with van der Waals surface area (Å²) in [6, 6.07) is 5.53. The molecule has 10 heteroatoms. The fourth-order valence-electron chi connectivity index (χ4n) is 2.71. The van der Waals surface area contributed by atoms with E-state index < -0.39 is 11.2 Å². The molecule has 0 aliphatic carbocycles. The molecule has 0 atom stereocenters. The Bertz CT molecular complexity index is 1120. The number of pyridine rings is 3. The van der Waals surface area contributed by atoms with Gasteiger partial charge in [0, 0.05) is 24.2 Å². The van der Waals surface area contributed by atoms with E-state index in [1.807, 2.05) is 6.92 Å². The second kappa shape index (κ2) is 7.72. The smallest absolute Gasteiger partial charge is 0.259 e. The van der Waals surface area contributed by atoms with Gasteiger partial charge in [0.05, 0.1) is 16.1 Å². The lowest BCUT2D eigenvalue weighted by Gasteiger charge is -2.28. The standard InChI is InChI=1S/C18H12B2BrClFN3O2/c1-9-7-24-15(21)6-14(9)26-10(2)3-12(5-16(26)27)28-18(19,20)17-13(23)4-11(22)8-25-17/h3-8H,1-2H3. The van der Waals surface area contributed by atoms with Crippen molar-refractivity contribution >= 4 is 43.2 Å². The van der Waals surface area contributed by atoms with Crippen LogP contribution in [0.5, 0.6) is 5.75 Å². The molecule has 0 amide bonds. The van der Waals surface area contributed by atoms with E-state index in [2.05, 4.69) is 25.9 Å². The number of rotatable bonds is 4. The molecular formula is C18H12B2BrClFN3O2. The lowest BCUT2D eigenvalue weighted by atomic mass is 9.62. The zero-order valence-corrected chi connectivity index (χ0v) is 17.3. The number of hydrogen-bond acceptors (Lipinski definition) is 4. The summed E-state index contributed by atoms with van der Waals surface area (Å²) in [6.07, 6.45) is 2.85. The zero-order chi connectivity index (χ0) is 20.6. The Morgan fingerprint density at radius 2 is 1.89 bits per heavy atom. The Morgan fingerprint density at radius 1 is 1.18 bits per heavy atom. The van der Waals surface area contributed by atoms with E-state index in [0.717, 1.165) is 11.6 Å². The van der Waals surface area contributed by atoms with E-state index in [-0.39, 0.29) is 22.0 Å². The van der Waals surface area contributed by atoms with Crippen LogP contribution in [0.25, 0.3) is 5.69 Å². The van der Waals surface area contributed by atoms with Gasteiger partial charge in [-0.2, -0.15) is 0 Å². The van der Waals surface area contributed by atoms with Crippen molar-refractivity contribution in [3.05, 3.63) is 79.4 Å². The lowest BCUT2D eigenvalue weighted by molar-refractivity contribution is 0.232. The minimum Gasteiger partial charge on any atom is -0.501 e. The number of ether oxygens (including phenoxy) is 1. The Morgan fingerprint density at radius 3 is 2.54 bits per heavy atom. The van der Waals surface area contributed by atoms with Gasteiger partial charge in [-0.15, -0.1) is 0 Å². The van der Waals surface area contributed by atoms with Crippen LogP contribution in [0.2, 0.25) is 5.02 Å². The van der Waals surface area contributed by atoms with Crippen LogP contribution < -0.4 is 10.3 Å². The minimum atomic E-state index is -2.10. The fraction of sp³-hybridized carbons (Fsp3) is 0.167. The van der Waals surface area contributed by atoms with Gasteiger partial charge in [0.15, 0.2) is 0 Å². The normalized spacial score (nSPS) is 11.5. The monoisotopic (exact) mass is 457 g/mol. The van der Waals surface area contributed by atoms with Crippen LogP contribution in [-0.2, 0) is 5.40 Å². The summed E-state index contributed by atoms with van der Waals surface area (Å²) in [5.74, 6) is -0.745. The predicted molar refractivity (Wildman–Crippen MR) is 110 cm³/mol. The summed E-state index contributed by atoms with van der Waals surface area (Å²) in [7, 11) is 11.8. The molecule has 0 spiro atoms. The fourth-order valence-corrected chi connectivity index (χ4v) is 3.18. The van der Waals surface area contributed by atoms with Crippen molar-refractivity contribution < 1.29 is 9.13 Å². The SMILES string of the molecule is [B]C([B])(Oc1cc(C)n(-c2cc(Br)ncc2C)c(=O)c1)c1ncc(Cl)cc1F. The Kier molecular flexibility index (Phi) is 5.68. The second-order valence-corrected chi connectivity index (χ2v) is 7.43. The summed E-state index contributed by atoms with van der Waals surface area (Å²) in [5, 5.41) is -2.01. The third kappa shape index (κ3) is 4.15. The highest BCUT2D eigenvalue weighted by Crippen LogP contribution is 2.26. The first-order chi connectivity index (χ1) is 13.1. The number of aryl methyl sites for hydroxylation is 2. The third-order valence-corrected chi connectivity index (χ3v) is 4.58. The first-order valence-corrected chi connectivity index (χ1v) is 9.20. The van der Waals surface area contributed by atoms with E-state index in [1.165, 1.54) is 16.8 Å². The van der Waals surface area contributed by atoms with Crippen molar-refractivity contribution in [1.82, 2.24) is 14.5 Å². The van der Waals surface area contributed by atoms with E-state index >= 15 is 0 Å². The molecular weight excluding hydrogens is 446 g/mol. The molecule has 0 unspecified atom stereocenters. The van der Waals surface area contributed by atoms with Crippen molar-refractivity contribution in [1.29, 1.82) is 0 Å². The Hall–Kier alpha value is -2.12. The topological polar surface area (TPSA) is 57.0 Å². The highest BCUT2D eigenvalue weighted by molar-refractivity contribution is 9.10. The molecule has 3 aromatic rings. The highest BCUT2D eigenvalue weighted by atomic mass is 79.9. The molecule has 0 aliphatic heterocycles. The summed E-state index contributed by atoms with van der Waals surface area (Å²) in [6.45, 7) is 3.56. The van der Waals surface area contributed by atoms with Crippen LogP contribution in [0.1, 0.15) is 17.0 Å². The van der Waals surface area contributed by atoms with Crippen LogP contribution in [-0.4, -0.2) is 30.2 Å². The van der Waals surface area contributed by atoms with Gasteiger partial charge in [0.25, 0.3) is 5.56 Å². The van der Waals surface area contributed by atoms with Gasteiger partial charge < -0.3 is 4.74 Å². The van der Waals surface area contributed by atoms with E-state index in [1.54, 1.807) is 25.3 Å². The van der Waals surface area contributed by atoms with Crippen molar-refractivity contribution in [2.45, 2.75) is 19.2 Å². The molecule has 0 saturated carbocycles. The van der Waals surface area contributed by atoms with E-state index in [4.69, 9.17) is 32.0 Å². The van der Waals surface area contributed by atoms with Crippen LogP contribution in [0, 0.1) is 19.7 Å². The van der Waals surface area contributed by atoms with Crippen LogP contribution >= 0.6 is 27.5 Å². The maximum Gasteiger partial charge on any atom is 0.259 e. The van der Waals surface area contributed by atoms with Crippen LogP contribution in [0.15, 0.2) is 46.1 Å². The average Bonchev–Trinajstić information content (AvgIpc) is 2.56. The maximum atomic E-state index is 14.1. The van der Waals surface area contributed by atoms with Crippen LogP contribution in [0.4, 0.5) is 4.39 Å². The molecule has 3 aromatic heterocycles. The first kappa shape index (κ1) is 20.6. The summed E-state index contributed by atoms with van der Waals surface area (Å²) in [4.78, 5) is 20.6. The second-order valence-electron chi connectivity index (χ2n) is 6.18. The maximum absolute atomic E-state index is 14.1. The first-order valence-electron chi connectivity index (χ1n) is 8.03. The number of halogens is 3. The van der Waals surface area contributed by atoms with Gasteiger partial charge in [-0.1, -0.05) is 11.6 Å².